The summed E-state index contributed by atoms with van der Waals surface area (Å²) in [5, 5.41) is 14.9. The van der Waals surface area contributed by atoms with Crippen molar-refractivity contribution < 1.29 is 23.1 Å². The van der Waals surface area contributed by atoms with Crippen molar-refractivity contribution in [1.82, 2.24) is 9.62 Å². The first-order chi connectivity index (χ1) is 19.0. The van der Waals surface area contributed by atoms with Crippen molar-refractivity contribution in [1.29, 1.82) is 0 Å². The molecule has 2 unspecified atom stereocenters. The fraction of sp³-hybridized carbons (Fsp3) is 0.387. The third-order valence-corrected chi connectivity index (χ3v) is 9.84. The van der Waals surface area contributed by atoms with Gasteiger partial charge in [-0.15, -0.1) is 0 Å². The summed E-state index contributed by atoms with van der Waals surface area (Å²) in [6, 6.07) is 19.8. The van der Waals surface area contributed by atoms with E-state index in [0.29, 0.717) is 42.0 Å². The summed E-state index contributed by atoms with van der Waals surface area (Å²) < 4.78 is 34.7. The lowest BCUT2D eigenvalue weighted by Gasteiger charge is -2.32. The van der Waals surface area contributed by atoms with Crippen LogP contribution in [0, 0.1) is 12.8 Å². The topological polar surface area (TPSA) is 122 Å². The molecule has 5 rings (SSSR count). The molecule has 3 aromatic carbocycles. The lowest BCUT2D eigenvalue weighted by atomic mass is 9.99. The highest BCUT2D eigenvalue weighted by molar-refractivity contribution is 7.89. The van der Waals surface area contributed by atoms with E-state index in [4.69, 9.17) is 10.5 Å². The minimum absolute atomic E-state index is 0.0179. The standard InChI is InChI=1S/C31H37N3O5S/c1-20(2)18-34(40(37,38)24-12-13-28-23(16-24)14-15-39-28)19-29(35)31(17-26(31)22-8-5-4-6-9-22)33-30(36)25-10-7-11-27(32)21(25)3/h4-13,16,20,26,29,35H,14-15,17-19,32H2,1-3H3,(H,33,36)/t26?,29-,31?/m1/s1. The number of rotatable bonds is 10. The largest absolute Gasteiger partial charge is 0.493 e. The highest BCUT2D eigenvalue weighted by Gasteiger charge is 2.61. The summed E-state index contributed by atoms with van der Waals surface area (Å²) >= 11 is 0. The van der Waals surface area contributed by atoms with Crippen LogP contribution in [0.3, 0.4) is 0 Å². The number of carbonyl (C=O) groups is 1. The monoisotopic (exact) mass is 563 g/mol. The zero-order valence-corrected chi connectivity index (χ0v) is 23.9. The number of nitrogens with two attached hydrogens (primary N) is 1. The second-order valence-corrected chi connectivity index (χ2v) is 13.2. The molecule has 4 N–H and O–H groups in total. The van der Waals surface area contributed by atoms with Gasteiger partial charge in [-0.3, -0.25) is 4.79 Å². The van der Waals surface area contributed by atoms with E-state index in [-0.39, 0.29) is 35.7 Å². The average molecular weight is 564 g/mol. The van der Waals surface area contributed by atoms with E-state index in [9.17, 15) is 18.3 Å². The number of fused-ring (bicyclic) bond motifs is 1. The second-order valence-electron chi connectivity index (χ2n) is 11.3. The maximum Gasteiger partial charge on any atom is 0.252 e. The van der Waals surface area contributed by atoms with Gasteiger partial charge in [0, 0.05) is 36.7 Å². The van der Waals surface area contributed by atoms with Gasteiger partial charge in [0.2, 0.25) is 10.0 Å². The summed E-state index contributed by atoms with van der Waals surface area (Å²) in [7, 11) is -3.93. The Morgan fingerprint density at radius 3 is 2.60 bits per heavy atom. The summed E-state index contributed by atoms with van der Waals surface area (Å²) in [4.78, 5) is 13.7. The van der Waals surface area contributed by atoms with Crippen LogP contribution in [-0.2, 0) is 16.4 Å². The number of anilines is 1. The Kier molecular flexibility index (Phi) is 7.65. The Bertz CT molecular complexity index is 1510. The van der Waals surface area contributed by atoms with Crippen molar-refractivity contribution in [3.8, 4) is 5.75 Å². The van der Waals surface area contributed by atoms with Gasteiger partial charge < -0.3 is 20.9 Å². The van der Waals surface area contributed by atoms with Crippen LogP contribution in [0.1, 0.15) is 53.2 Å². The molecular formula is C31H37N3O5S. The number of carbonyl (C=O) groups excluding carboxylic acids is 1. The van der Waals surface area contributed by atoms with E-state index >= 15 is 0 Å². The number of amides is 1. The van der Waals surface area contributed by atoms with Crippen LogP contribution in [0.15, 0.2) is 71.6 Å². The number of nitrogen functional groups attached to an aromatic ring is 1. The number of aliphatic hydroxyl groups is 1. The van der Waals surface area contributed by atoms with Crippen molar-refractivity contribution in [2.75, 3.05) is 25.4 Å². The number of ether oxygens (including phenoxy) is 1. The highest BCUT2D eigenvalue weighted by atomic mass is 32.2. The van der Waals surface area contributed by atoms with Gasteiger partial charge in [-0.05, 0) is 66.3 Å². The maximum absolute atomic E-state index is 13.9. The molecule has 1 aliphatic heterocycles. The summed E-state index contributed by atoms with van der Waals surface area (Å²) in [6.45, 7) is 6.26. The first-order valence-corrected chi connectivity index (χ1v) is 15.1. The molecule has 0 radical (unpaired) electrons. The number of sulfonamides is 1. The van der Waals surface area contributed by atoms with Gasteiger partial charge in [-0.25, -0.2) is 8.42 Å². The van der Waals surface area contributed by atoms with Crippen LogP contribution < -0.4 is 15.8 Å². The lowest BCUT2D eigenvalue weighted by Crippen LogP contribution is -2.53. The maximum atomic E-state index is 13.9. The molecule has 0 spiro atoms. The highest BCUT2D eigenvalue weighted by Crippen LogP contribution is 2.54. The molecular weight excluding hydrogens is 526 g/mol. The van der Waals surface area contributed by atoms with Crippen molar-refractivity contribution >= 4 is 21.6 Å². The first kappa shape index (κ1) is 28.1. The molecule has 2 aliphatic rings. The molecule has 0 bridgehead atoms. The van der Waals surface area contributed by atoms with Gasteiger partial charge in [0.25, 0.3) is 5.91 Å². The molecule has 1 heterocycles. The fourth-order valence-electron chi connectivity index (χ4n) is 5.65. The van der Waals surface area contributed by atoms with Crippen LogP contribution in [0.25, 0.3) is 0 Å². The van der Waals surface area contributed by atoms with Crippen LogP contribution in [-0.4, -0.2) is 55.1 Å². The molecule has 1 amide bonds. The van der Waals surface area contributed by atoms with E-state index in [1.807, 2.05) is 44.2 Å². The molecule has 0 saturated heterocycles. The number of benzene rings is 3. The predicted molar refractivity (Wildman–Crippen MR) is 155 cm³/mol. The van der Waals surface area contributed by atoms with Crippen LogP contribution in [0.2, 0.25) is 0 Å². The Morgan fingerprint density at radius 1 is 1.12 bits per heavy atom. The van der Waals surface area contributed by atoms with Gasteiger partial charge in [0.1, 0.15) is 5.75 Å². The van der Waals surface area contributed by atoms with Gasteiger partial charge in [-0.1, -0.05) is 50.2 Å². The molecule has 1 fully saturated rings. The average Bonchev–Trinajstić information content (AvgIpc) is 3.46. The van der Waals surface area contributed by atoms with Gasteiger partial charge >= 0.3 is 0 Å². The summed E-state index contributed by atoms with van der Waals surface area (Å²) in [5.74, 6) is 0.204. The van der Waals surface area contributed by atoms with Crippen LogP contribution >= 0.6 is 0 Å². The van der Waals surface area contributed by atoms with E-state index < -0.39 is 21.7 Å². The Balaban J connectivity index is 1.46. The van der Waals surface area contributed by atoms with Crippen molar-refractivity contribution in [2.24, 2.45) is 5.92 Å². The minimum Gasteiger partial charge on any atom is -0.493 e. The Morgan fingerprint density at radius 2 is 1.88 bits per heavy atom. The van der Waals surface area contributed by atoms with E-state index in [2.05, 4.69) is 5.32 Å². The smallest absolute Gasteiger partial charge is 0.252 e. The molecule has 3 aromatic rings. The van der Waals surface area contributed by atoms with Crippen molar-refractivity contribution in [2.45, 2.75) is 56.1 Å². The van der Waals surface area contributed by atoms with Gasteiger partial charge in [0.15, 0.2) is 0 Å². The number of hydrogen-bond acceptors (Lipinski definition) is 6. The molecule has 1 aliphatic carbocycles. The third-order valence-electron chi connectivity index (χ3n) is 8.01. The number of nitrogens with zero attached hydrogens (tertiary/aromatic N) is 1. The van der Waals surface area contributed by atoms with E-state index in [0.717, 1.165) is 11.1 Å². The predicted octanol–water partition coefficient (Wildman–Crippen LogP) is 3.88. The quantitative estimate of drug-likeness (QED) is 0.322. The number of hydrogen-bond donors (Lipinski definition) is 3. The lowest BCUT2D eigenvalue weighted by molar-refractivity contribution is 0.0706. The second kappa shape index (κ2) is 10.9. The SMILES string of the molecule is Cc1c(N)cccc1C(=O)NC1([C@H](O)CN(CC(C)C)S(=O)(=O)c2ccc3c(c2)CCO3)CC1c1ccccc1. The minimum atomic E-state index is -3.93. The van der Waals surface area contributed by atoms with Crippen LogP contribution in [0.5, 0.6) is 5.75 Å². The molecule has 1 saturated carbocycles. The molecule has 212 valence electrons. The third kappa shape index (κ3) is 5.33. The van der Waals surface area contributed by atoms with Crippen molar-refractivity contribution in [3.05, 3.63) is 89.0 Å². The number of nitrogens with one attached hydrogen (secondary N) is 1. The van der Waals surface area contributed by atoms with Crippen LogP contribution in [0.4, 0.5) is 5.69 Å². The van der Waals surface area contributed by atoms with Crippen molar-refractivity contribution in [3.63, 3.8) is 0 Å². The van der Waals surface area contributed by atoms with E-state index in [1.54, 1.807) is 43.3 Å². The molecule has 0 aromatic heterocycles. The molecule has 40 heavy (non-hydrogen) atoms. The van der Waals surface area contributed by atoms with Gasteiger partial charge in [-0.2, -0.15) is 4.31 Å². The summed E-state index contributed by atoms with van der Waals surface area (Å²) in [5.41, 5.74) is 8.45. The fourth-order valence-corrected chi connectivity index (χ4v) is 7.31. The summed E-state index contributed by atoms with van der Waals surface area (Å²) in [6.07, 6.45) is -0.0193. The molecule has 9 heteroatoms. The molecule has 8 nitrogen and oxygen atoms in total. The first-order valence-electron chi connectivity index (χ1n) is 13.7. The van der Waals surface area contributed by atoms with E-state index in [1.165, 1.54) is 4.31 Å². The zero-order valence-electron chi connectivity index (χ0n) is 23.1. The van der Waals surface area contributed by atoms with Gasteiger partial charge in [0.05, 0.1) is 23.1 Å². The number of aliphatic hydroxyl groups excluding tert-OH is 1. The Labute approximate surface area is 236 Å². The normalized spacial score (nSPS) is 20.7. The zero-order chi connectivity index (χ0) is 28.7. The Hall–Kier alpha value is -3.40. The molecule has 3 atom stereocenters.